The number of fused-ring (bicyclic) bond motifs is 1. The number of aromatic nitrogens is 1. The lowest BCUT2D eigenvalue weighted by Gasteiger charge is -2.32. The Morgan fingerprint density at radius 3 is 2.54 bits per heavy atom. The molecule has 0 radical (unpaired) electrons. The van der Waals surface area contributed by atoms with Crippen molar-refractivity contribution in [3.63, 3.8) is 0 Å². The maximum Gasteiger partial charge on any atom is 0.0773 e. The van der Waals surface area contributed by atoms with E-state index in [1.807, 2.05) is 18.2 Å². The van der Waals surface area contributed by atoms with Gasteiger partial charge < -0.3 is 14.8 Å². The van der Waals surface area contributed by atoms with E-state index in [1.165, 1.54) is 27.5 Å². The number of benzene rings is 3. The molecular formula is C31H34N2O2. The van der Waals surface area contributed by atoms with E-state index < -0.39 is 0 Å². The van der Waals surface area contributed by atoms with Gasteiger partial charge in [0.1, 0.15) is 0 Å². The highest BCUT2D eigenvalue weighted by Crippen LogP contribution is 2.28. The molecule has 1 aliphatic rings. The lowest BCUT2D eigenvalue weighted by molar-refractivity contribution is 0.0106. The summed E-state index contributed by atoms with van der Waals surface area (Å²) in [5, 5.41) is 6.03. The van der Waals surface area contributed by atoms with Crippen LogP contribution >= 0.6 is 0 Å². The van der Waals surface area contributed by atoms with Crippen LogP contribution in [0.1, 0.15) is 41.1 Å². The van der Waals surface area contributed by atoms with E-state index in [9.17, 15) is 0 Å². The highest BCUT2D eigenvalue weighted by Gasteiger charge is 2.27. The highest BCUT2D eigenvalue weighted by atomic mass is 16.5. The Kier molecular flexibility index (Phi) is 8.17. The van der Waals surface area contributed by atoms with Crippen LogP contribution in [0.15, 0.2) is 91.1 Å². The topological polar surface area (TPSA) is 43.4 Å². The predicted molar refractivity (Wildman–Crippen MR) is 141 cm³/mol. The second-order valence-corrected chi connectivity index (χ2v) is 9.35. The van der Waals surface area contributed by atoms with Gasteiger partial charge in [-0.3, -0.25) is 4.98 Å². The van der Waals surface area contributed by atoms with Crippen LogP contribution in [0.3, 0.4) is 0 Å². The van der Waals surface area contributed by atoms with Crippen molar-refractivity contribution in [2.75, 3.05) is 19.7 Å². The first-order chi connectivity index (χ1) is 17.3. The molecule has 4 aromatic rings. The fraction of sp³-hybridized carbons (Fsp3) is 0.323. The van der Waals surface area contributed by atoms with Crippen molar-refractivity contribution in [1.29, 1.82) is 0 Å². The second kappa shape index (κ2) is 12.1. The van der Waals surface area contributed by atoms with Gasteiger partial charge in [-0.15, -0.1) is 0 Å². The Bertz CT molecular complexity index is 1190. The summed E-state index contributed by atoms with van der Waals surface area (Å²) in [4.78, 5) is 4.77. The highest BCUT2D eigenvalue weighted by molar-refractivity contribution is 5.82. The third-order valence-corrected chi connectivity index (χ3v) is 6.81. The van der Waals surface area contributed by atoms with Crippen LogP contribution in [0.5, 0.6) is 0 Å². The number of rotatable bonds is 10. The zero-order valence-corrected chi connectivity index (χ0v) is 20.2. The van der Waals surface area contributed by atoms with E-state index in [4.69, 9.17) is 14.5 Å². The molecule has 0 aliphatic carbocycles. The summed E-state index contributed by atoms with van der Waals surface area (Å²) in [7, 11) is 0. The third kappa shape index (κ3) is 6.55. The molecule has 2 heterocycles. The summed E-state index contributed by atoms with van der Waals surface area (Å²) in [6, 6.07) is 29.8. The van der Waals surface area contributed by atoms with Crippen LogP contribution in [0.4, 0.5) is 0 Å². The summed E-state index contributed by atoms with van der Waals surface area (Å²) < 4.78 is 12.2. The molecule has 4 heteroatoms. The molecule has 1 N–H and O–H groups in total. The van der Waals surface area contributed by atoms with Gasteiger partial charge in [-0.2, -0.15) is 0 Å². The zero-order chi connectivity index (χ0) is 23.7. The molecule has 0 amide bonds. The van der Waals surface area contributed by atoms with Crippen LogP contribution in [0.2, 0.25) is 0 Å². The van der Waals surface area contributed by atoms with Crippen molar-refractivity contribution in [2.45, 2.75) is 44.5 Å². The van der Waals surface area contributed by atoms with Crippen molar-refractivity contribution in [3.8, 4) is 0 Å². The molecule has 180 valence electrons. The Hall–Kier alpha value is -3.05. The van der Waals surface area contributed by atoms with E-state index in [0.29, 0.717) is 19.1 Å². The Morgan fingerprint density at radius 2 is 1.69 bits per heavy atom. The van der Waals surface area contributed by atoms with Gasteiger partial charge in [0.05, 0.1) is 19.3 Å². The lowest BCUT2D eigenvalue weighted by atomic mass is 9.88. The van der Waals surface area contributed by atoms with Crippen molar-refractivity contribution in [3.05, 3.63) is 114 Å². The molecule has 3 aromatic carbocycles. The molecule has 1 fully saturated rings. The number of nitrogens with one attached hydrogen (secondary N) is 1. The first kappa shape index (κ1) is 23.7. The van der Waals surface area contributed by atoms with Crippen molar-refractivity contribution in [2.24, 2.45) is 0 Å². The number of hydrogen-bond acceptors (Lipinski definition) is 4. The maximum atomic E-state index is 6.44. The first-order valence-electron chi connectivity index (χ1n) is 12.7. The lowest BCUT2D eigenvalue weighted by Crippen LogP contribution is -2.41. The van der Waals surface area contributed by atoms with Crippen molar-refractivity contribution >= 4 is 10.8 Å². The molecule has 1 aliphatic heterocycles. The largest absolute Gasteiger partial charge is 0.377 e. The normalized spacial score (nSPS) is 18.1. The summed E-state index contributed by atoms with van der Waals surface area (Å²) in [5.74, 6) is 0.368. The van der Waals surface area contributed by atoms with Gasteiger partial charge in [-0.05, 0) is 65.4 Å². The molecule has 0 saturated carbocycles. The summed E-state index contributed by atoms with van der Waals surface area (Å²) in [6.45, 7) is 3.93. The van der Waals surface area contributed by atoms with Gasteiger partial charge in [-0.25, -0.2) is 0 Å². The first-order valence-corrected chi connectivity index (χ1v) is 12.7. The van der Waals surface area contributed by atoms with Gasteiger partial charge in [0, 0.05) is 31.0 Å². The van der Waals surface area contributed by atoms with Gasteiger partial charge >= 0.3 is 0 Å². The fourth-order valence-corrected chi connectivity index (χ4v) is 4.84. The smallest absolute Gasteiger partial charge is 0.0773 e. The minimum Gasteiger partial charge on any atom is -0.377 e. The van der Waals surface area contributed by atoms with E-state index in [0.717, 1.165) is 44.7 Å². The SMILES string of the molecule is c1ccc(COCCCc2ccc(C3CCNCC3OCc3ccc4ccccc4c3)cn2)cc1. The van der Waals surface area contributed by atoms with Crippen molar-refractivity contribution in [1.82, 2.24) is 10.3 Å². The molecule has 1 aromatic heterocycles. The van der Waals surface area contributed by atoms with Gasteiger partial charge in [0.15, 0.2) is 0 Å². The van der Waals surface area contributed by atoms with Crippen LogP contribution in [-0.2, 0) is 29.1 Å². The maximum absolute atomic E-state index is 6.44. The van der Waals surface area contributed by atoms with Gasteiger partial charge in [0.2, 0.25) is 0 Å². The van der Waals surface area contributed by atoms with Crippen LogP contribution in [0, 0.1) is 0 Å². The van der Waals surface area contributed by atoms with Crippen LogP contribution < -0.4 is 5.32 Å². The molecular weight excluding hydrogens is 432 g/mol. The molecule has 0 bridgehead atoms. The standard InChI is InChI=1S/C31H34N2O2/c1-2-7-24(8-3-1)22-34-18-6-11-29-15-14-28(20-33-29)30-16-17-32-21-31(30)35-23-25-12-13-26-9-4-5-10-27(26)19-25/h1-5,7-10,12-15,19-20,30-32H,6,11,16-18,21-23H2. The fourth-order valence-electron chi connectivity index (χ4n) is 4.84. The Morgan fingerprint density at radius 1 is 0.829 bits per heavy atom. The average molecular weight is 467 g/mol. The quantitative estimate of drug-likeness (QED) is 0.289. The third-order valence-electron chi connectivity index (χ3n) is 6.81. The summed E-state index contributed by atoms with van der Waals surface area (Å²) in [6.07, 6.45) is 5.18. The molecule has 0 spiro atoms. The number of hydrogen-bond donors (Lipinski definition) is 1. The second-order valence-electron chi connectivity index (χ2n) is 9.35. The predicted octanol–water partition coefficient (Wildman–Crippen LogP) is 6.05. The summed E-state index contributed by atoms with van der Waals surface area (Å²) >= 11 is 0. The molecule has 2 unspecified atom stereocenters. The number of pyridine rings is 1. The van der Waals surface area contributed by atoms with E-state index >= 15 is 0 Å². The van der Waals surface area contributed by atoms with E-state index in [2.05, 4.69) is 78.2 Å². The molecule has 2 atom stereocenters. The number of aryl methyl sites for hydroxylation is 1. The Labute approximate surface area is 208 Å². The molecule has 1 saturated heterocycles. The number of nitrogens with zero attached hydrogens (tertiary/aromatic N) is 1. The molecule has 35 heavy (non-hydrogen) atoms. The number of piperidine rings is 1. The van der Waals surface area contributed by atoms with Gasteiger partial charge in [0.25, 0.3) is 0 Å². The molecule has 4 nitrogen and oxygen atoms in total. The summed E-state index contributed by atoms with van der Waals surface area (Å²) in [5.41, 5.74) is 4.84. The zero-order valence-electron chi connectivity index (χ0n) is 20.2. The van der Waals surface area contributed by atoms with E-state index in [1.54, 1.807) is 0 Å². The van der Waals surface area contributed by atoms with Gasteiger partial charge in [-0.1, -0.05) is 72.8 Å². The number of ether oxygens (including phenoxy) is 2. The Balaban J connectivity index is 1.12. The van der Waals surface area contributed by atoms with Crippen molar-refractivity contribution < 1.29 is 9.47 Å². The minimum absolute atomic E-state index is 0.147. The molecule has 5 rings (SSSR count). The average Bonchev–Trinajstić information content (AvgIpc) is 2.93. The van der Waals surface area contributed by atoms with Crippen LogP contribution in [0.25, 0.3) is 10.8 Å². The monoisotopic (exact) mass is 466 g/mol. The minimum atomic E-state index is 0.147. The van der Waals surface area contributed by atoms with Crippen LogP contribution in [-0.4, -0.2) is 30.8 Å². The van der Waals surface area contributed by atoms with E-state index in [-0.39, 0.29) is 6.10 Å².